The van der Waals surface area contributed by atoms with E-state index in [1.807, 2.05) is 20.0 Å². The van der Waals surface area contributed by atoms with E-state index in [0.717, 1.165) is 17.8 Å². The van der Waals surface area contributed by atoms with E-state index in [9.17, 15) is 14.9 Å². The van der Waals surface area contributed by atoms with Gasteiger partial charge in [-0.2, -0.15) is 5.10 Å². The van der Waals surface area contributed by atoms with Crippen LogP contribution in [-0.4, -0.2) is 39.5 Å². The van der Waals surface area contributed by atoms with Crippen molar-refractivity contribution < 1.29 is 19.3 Å². The van der Waals surface area contributed by atoms with E-state index in [2.05, 4.69) is 15.6 Å². The molecular weight excluding hydrogens is 354 g/mol. The topological polar surface area (TPSA) is 121 Å². The van der Waals surface area contributed by atoms with Crippen LogP contribution in [0.3, 0.4) is 0 Å². The summed E-state index contributed by atoms with van der Waals surface area (Å²) >= 11 is 0. The predicted octanol–water partition coefficient (Wildman–Crippen LogP) is 2.26. The number of rotatable bonds is 6. The van der Waals surface area contributed by atoms with Crippen molar-refractivity contribution in [3.05, 3.63) is 45.8 Å². The number of aryl methyl sites for hydroxylation is 2. The van der Waals surface area contributed by atoms with Crippen LogP contribution < -0.4 is 10.1 Å². The summed E-state index contributed by atoms with van der Waals surface area (Å²) in [6.45, 7) is 4.55. The fourth-order valence-electron chi connectivity index (χ4n) is 2.75. The van der Waals surface area contributed by atoms with Gasteiger partial charge in [0.15, 0.2) is 0 Å². The lowest BCUT2D eigenvalue weighted by molar-refractivity contribution is -0.384. The molecule has 0 saturated heterocycles. The highest BCUT2D eigenvalue weighted by molar-refractivity contribution is 6.07. The number of oxime groups is 1. The van der Waals surface area contributed by atoms with Crippen molar-refractivity contribution in [2.24, 2.45) is 5.16 Å². The molecule has 1 atom stereocenters. The van der Waals surface area contributed by atoms with Crippen molar-refractivity contribution >= 4 is 23.0 Å². The summed E-state index contributed by atoms with van der Waals surface area (Å²) in [6, 6.07) is 4.19. The van der Waals surface area contributed by atoms with E-state index < -0.39 is 16.9 Å². The number of anilines is 1. The fourth-order valence-corrected chi connectivity index (χ4v) is 2.75. The van der Waals surface area contributed by atoms with E-state index >= 15 is 0 Å². The molecule has 1 aromatic heterocycles. The van der Waals surface area contributed by atoms with Crippen molar-refractivity contribution in [3.8, 4) is 5.75 Å². The minimum Gasteiger partial charge on any atom is -0.496 e. The highest BCUT2D eigenvalue weighted by atomic mass is 16.6. The summed E-state index contributed by atoms with van der Waals surface area (Å²) in [5, 5.41) is 22.1. The Labute approximate surface area is 154 Å². The first kappa shape index (κ1) is 18.4. The van der Waals surface area contributed by atoms with Crippen LogP contribution in [0.15, 0.2) is 29.6 Å². The maximum Gasteiger partial charge on any atom is 0.296 e. The average molecular weight is 373 g/mol. The van der Waals surface area contributed by atoms with Gasteiger partial charge in [0, 0.05) is 24.7 Å². The molecule has 1 aromatic carbocycles. The molecule has 0 radical (unpaired) electrons. The number of amides is 1. The van der Waals surface area contributed by atoms with Gasteiger partial charge in [-0.25, -0.2) is 0 Å². The maximum absolute atomic E-state index is 12.5. The Morgan fingerprint density at radius 3 is 2.93 bits per heavy atom. The Morgan fingerprint density at radius 1 is 1.52 bits per heavy atom. The highest BCUT2D eigenvalue weighted by Crippen LogP contribution is 2.29. The molecule has 3 rings (SSSR count). The number of hydrogen-bond donors (Lipinski definition) is 1. The number of benzene rings is 1. The van der Waals surface area contributed by atoms with Crippen LogP contribution in [0.1, 0.15) is 24.6 Å². The van der Waals surface area contributed by atoms with E-state index in [1.165, 1.54) is 25.3 Å². The van der Waals surface area contributed by atoms with Crippen LogP contribution in [0.25, 0.3) is 0 Å². The van der Waals surface area contributed by atoms with Gasteiger partial charge in [0.2, 0.25) is 6.10 Å². The van der Waals surface area contributed by atoms with Crippen LogP contribution in [0.5, 0.6) is 5.75 Å². The molecule has 142 valence electrons. The molecular formula is C17H19N5O5. The zero-order valence-corrected chi connectivity index (χ0v) is 15.1. The number of aromatic nitrogens is 2. The van der Waals surface area contributed by atoms with Crippen LogP contribution in [0, 0.1) is 17.0 Å². The monoisotopic (exact) mass is 373 g/mol. The molecule has 0 fully saturated rings. The molecule has 1 amide bonds. The van der Waals surface area contributed by atoms with E-state index in [-0.39, 0.29) is 17.8 Å². The first-order chi connectivity index (χ1) is 12.9. The third kappa shape index (κ3) is 3.73. The number of nitrogens with one attached hydrogen (secondary N) is 1. The molecule has 10 nitrogen and oxygen atoms in total. The summed E-state index contributed by atoms with van der Waals surface area (Å²) < 4.78 is 6.76. The average Bonchev–Trinajstić information content (AvgIpc) is 3.28. The summed E-state index contributed by atoms with van der Waals surface area (Å²) in [5.41, 5.74) is 2.05. The predicted molar refractivity (Wildman–Crippen MR) is 96.9 cm³/mol. The lowest BCUT2D eigenvalue weighted by Crippen LogP contribution is -2.28. The summed E-state index contributed by atoms with van der Waals surface area (Å²) in [7, 11) is 1.41. The van der Waals surface area contributed by atoms with Gasteiger partial charge in [0.1, 0.15) is 11.4 Å². The SMILES string of the molecule is CCn1cc(C2=NOC(C(=O)Nc3ccc(OC)cc3[N+](=O)[O-])C2)c(C)n1. The van der Waals surface area contributed by atoms with Crippen molar-refractivity contribution in [2.75, 3.05) is 12.4 Å². The minimum absolute atomic E-state index is 0.0674. The van der Waals surface area contributed by atoms with Crippen molar-refractivity contribution in [1.82, 2.24) is 9.78 Å². The lowest BCUT2D eigenvalue weighted by Gasteiger charge is -2.10. The number of hydrogen-bond acceptors (Lipinski definition) is 7. The number of nitro groups is 1. The Hall–Kier alpha value is -3.43. The van der Waals surface area contributed by atoms with Gasteiger partial charge in [-0.3, -0.25) is 19.6 Å². The van der Waals surface area contributed by atoms with Gasteiger partial charge >= 0.3 is 0 Å². The summed E-state index contributed by atoms with van der Waals surface area (Å²) in [5.74, 6) is -0.187. The third-order valence-electron chi connectivity index (χ3n) is 4.20. The Kier molecular flexibility index (Phi) is 5.06. The Bertz CT molecular complexity index is 920. The number of ether oxygens (including phenoxy) is 1. The lowest BCUT2D eigenvalue weighted by atomic mass is 10.1. The maximum atomic E-state index is 12.5. The molecule has 0 spiro atoms. The van der Waals surface area contributed by atoms with Crippen LogP contribution in [0.2, 0.25) is 0 Å². The molecule has 2 heterocycles. The largest absolute Gasteiger partial charge is 0.496 e. The summed E-state index contributed by atoms with van der Waals surface area (Å²) in [6.07, 6.45) is 1.24. The number of nitro benzene ring substituents is 1. The summed E-state index contributed by atoms with van der Waals surface area (Å²) in [4.78, 5) is 28.4. The van der Waals surface area contributed by atoms with Crippen LogP contribution in [0.4, 0.5) is 11.4 Å². The van der Waals surface area contributed by atoms with E-state index in [4.69, 9.17) is 9.57 Å². The molecule has 2 aromatic rings. The molecule has 27 heavy (non-hydrogen) atoms. The van der Waals surface area contributed by atoms with E-state index in [0.29, 0.717) is 11.5 Å². The second-order valence-electron chi connectivity index (χ2n) is 5.95. The van der Waals surface area contributed by atoms with Gasteiger partial charge in [-0.15, -0.1) is 0 Å². The molecule has 1 unspecified atom stereocenters. The van der Waals surface area contributed by atoms with Gasteiger partial charge in [0.25, 0.3) is 11.6 Å². The van der Waals surface area contributed by atoms with Crippen molar-refractivity contribution in [1.29, 1.82) is 0 Å². The number of carbonyl (C=O) groups excluding carboxylic acids is 1. The van der Waals surface area contributed by atoms with Gasteiger partial charge in [0.05, 0.1) is 29.5 Å². The number of methoxy groups -OCH3 is 1. The quantitative estimate of drug-likeness (QED) is 0.612. The zero-order valence-electron chi connectivity index (χ0n) is 15.1. The van der Waals surface area contributed by atoms with Gasteiger partial charge in [-0.05, 0) is 26.0 Å². The molecule has 1 aliphatic rings. The molecule has 0 bridgehead atoms. The molecule has 1 aliphatic heterocycles. The molecule has 10 heteroatoms. The number of carbonyl (C=O) groups is 1. The van der Waals surface area contributed by atoms with Gasteiger partial charge < -0.3 is 14.9 Å². The fraction of sp³-hybridized carbons (Fsp3) is 0.353. The smallest absolute Gasteiger partial charge is 0.296 e. The van der Waals surface area contributed by atoms with Crippen LogP contribution in [-0.2, 0) is 16.2 Å². The van der Waals surface area contributed by atoms with Crippen molar-refractivity contribution in [3.63, 3.8) is 0 Å². The first-order valence-electron chi connectivity index (χ1n) is 8.33. The van der Waals surface area contributed by atoms with E-state index in [1.54, 1.807) is 4.68 Å². The minimum atomic E-state index is -0.869. The van der Waals surface area contributed by atoms with Crippen molar-refractivity contribution in [2.45, 2.75) is 32.9 Å². The molecule has 0 aliphatic carbocycles. The van der Waals surface area contributed by atoms with Crippen LogP contribution >= 0.6 is 0 Å². The second kappa shape index (κ2) is 7.44. The first-order valence-corrected chi connectivity index (χ1v) is 8.33. The third-order valence-corrected chi connectivity index (χ3v) is 4.20. The zero-order chi connectivity index (χ0) is 19.6. The number of nitrogens with zero attached hydrogens (tertiary/aromatic N) is 4. The molecule has 0 saturated carbocycles. The second-order valence-corrected chi connectivity index (χ2v) is 5.95. The Morgan fingerprint density at radius 2 is 2.30 bits per heavy atom. The molecule has 1 N–H and O–H groups in total. The Balaban J connectivity index is 1.72. The standard InChI is InChI=1S/C17H19N5O5/c1-4-21-9-12(10(2)19-21)14-8-16(27-20-14)17(23)18-13-6-5-11(26-3)7-15(13)22(24)25/h5-7,9,16H,4,8H2,1-3H3,(H,18,23). The van der Waals surface area contributed by atoms with Gasteiger partial charge in [-0.1, -0.05) is 5.16 Å². The highest BCUT2D eigenvalue weighted by Gasteiger charge is 2.31. The normalized spacial score (nSPS) is 15.8.